The van der Waals surface area contributed by atoms with Crippen LogP contribution in [0.3, 0.4) is 0 Å². The lowest BCUT2D eigenvalue weighted by molar-refractivity contribution is 0.265. The molecule has 2 heterocycles. The molecule has 1 unspecified atom stereocenters. The standard InChI is InChI=1S/C13H24N6O/c1-4-18(5-2)12-15-11(14-3)16-13(17-12)19-8-6-7-10(19)9-20/h10,20H,4-9H2,1-3H3,(H,14,15,16,17). The van der Waals surface area contributed by atoms with Crippen LogP contribution in [0.4, 0.5) is 17.8 Å². The highest BCUT2D eigenvalue weighted by molar-refractivity contribution is 5.46. The maximum Gasteiger partial charge on any atom is 0.232 e. The lowest BCUT2D eigenvalue weighted by Crippen LogP contribution is -2.34. The molecule has 0 bridgehead atoms. The molecule has 0 aliphatic carbocycles. The summed E-state index contributed by atoms with van der Waals surface area (Å²) in [7, 11) is 1.80. The third-order valence-electron chi connectivity index (χ3n) is 3.73. The van der Waals surface area contributed by atoms with Crippen LogP contribution in [0.1, 0.15) is 26.7 Å². The fraction of sp³-hybridized carbons (Fsp3) is 0.769. The number of nitrogens with zero attached hydrogens (tertiary/aromatic N) is 5. The van der Waals surface area contributed by atoms with Crippen molar-refractivity contribution in [3.63, 3.8) is 0 Å². The Labute approximate surface area is 120 Å². The van der Waals surface area contributed by atoms with Gasteiger partial charge in [0.1, 0.15) is 0 Å². The van der Waals surface area contributed by atoms with Gasteiger partial charge in [-0.2, -0.15) is 15.0 Å². The topological polar surface area (TPSA) is 77.4 Å². The van der Waals surface area contributed by atoms with Gasteiger partial charge in [0, 0.05) is 26.7 Å². The van der Waals surface area contributed by atoms with Crippen LogP contribution in [0.2, 0.25) is 0 Å². The molecule has 1 aliphatic heterocycles. The number of rotatable bonds is 6. The molecular weight excluding hydrogens is 256 g/mol. The Kier molecular flexibility index (Phi) is 4.94. The second-order valence-electron chi connectivity index (χ2n) is 4.85. The third-order valence-corrected chi connectivity index (χ3v) is 3.73. The van der Waals surface area contributed by atoms with Gasteiger partial charge in [-0.25, -0.2) is 0 Å². The Morgan fingerprint density at radius 1 is 1.30 bits per heavy atom. The predicted octanol–water partition coefficient (Wildman–Crippen LogP) is 0.721. The smallest absolute Gasteiger partial charge is 0.232 e. The molecule has 112 valence electrons. The summed E-state index contributed by atoms with van der Waals surface area (Å²) in [4.78, 5) is 17.6. The van der Waals surface area contributed by atoms with Crippen LogP contribution in [0.15, 0.2) is 0 Å². The molecule has 1 fully saturated rings. The number of aromatic nitrogens is 3. The molecule has 7 heteroatoms. The molecule has 0 amide bonds. The van der Waals surface area contributed by atoms with Crippen molar-refractivity contribution in [1.82, 2.24) is 15.0 Å². The summed E-state index contributed by atoms with van der Waals surface area (Å²) in [6.45, 7) is 6.90. The summed E-state index contributed by atoms with van der Waals surface area (Å²) in [5.41, 5.74) is 0. The molecule has 0 aromatic carbocycles. The van der Waals surface area contributed by atoms with E-state index in [1.807, 2.05) is 0 Å². The Bertz CT molecular complexity index is 437. The first-order chi connectivity index (χ1) is 9.73. The second kappa shape index (κ2) is 6.69. The summed E-state index contributed by atoms with van der Waals surface area (Å²) >= 11 is 0. The number of aliphatic hydroxyl groups is 1. The summed E-state index contributed by atoms with van der Waals surface area (Å²) in [6, 6.07) is 0.117. The van der Waals surface area contributed by atoms with Crippen molar-refractivity contribution in [2.24, 2.45) is 0 Å². The molecule has 1 aromatic rings. The molecule has 1 saturated heterocycles. The number of hydrogen-bond acceptors (Lipinski definition) is 7. The predicted molar refractivity (Wildman–Crippen MR) is 80.4 cm³/mol. The molecule has 7 nitrogen and oxygen atoms in total. The average Bonchev–Trinajstić information content (AvgIpc) is 2.96. The Hall–Kier alpha value is -1.63. The van der Waals surface area contributed by atoms with E-state index in [2.05, 4.69) is 43.9 Å². The summed E-state index contributed by atoms with van der Waals surface area (Å²) in [5, 5.41) is 12.4. The number of anilines is 3. The Morgan fingerprint density at radius 2 is 2.05 bits per heavy atom. The molecule has 1 aliphatic rings. The lowest BCUT2D eigenvalue weighted by atomic mass is 10.2. The molecule has 20 heavy (non-hydrogen) atoms. The summed E-state index contributed by atoms with van der Waals surface area (Å²) in [5.74, 6) is 1.91. The molecule has 0 saturated carbocycles. The van der Waals surface area contributed by atoms with E-state index < -0.39 is 0 Å². The van der Waals surface area contributed by atoms with E-state index in [4.69, 9.17) is 0 Å². The van der Waals surface area contributed by atoms with Gasteiger partial charge in [-0.05, 0) is 26.7 Å². The largest absolute Gasteiger partial charge is 0.394 e. The van der Waals surface area contributed by atoms with Gasteiger partial charge in [-0.3, -0.25) is 0 Å². The zero-order valence-electron chi connectivity index (χ0n) is 12.5. The maximum atomic E-state index is 9.46. The molecule has 1 atom stereocenters. The molecule has 1 aromatic heterocycles. The summed E-state index contributed by atoms with van der Waals surface area (Å²) < 4.78 is 0. The van der Waals surface area contributed by atoms with Crippen LogP contribution in [0.5, 0.6) is 0 Å². The number of nitrogens with one attached hydrogen (secondary N) is 1. The van der Waals surface area contributed by atoms with Crippen LogP contribution in [-0.2, 0) is 0 Å². The average molecular weight is 280 g/mol. The molecular formula is C13H24N6O. The minimum Gasteiger partial charge on any atom is -0.394 e. The fourth-order valence-electron chi connectivity index (χ4n) is 2.53. The van der Waals surface area contributed by atoms with Crippen LogP contribution >= 0.6 is 0 Å². The first-order valence-electron chi connectivity index (χ1n) is 7.29. The van der Waals surface area contributed by atoms with E-state index in [0.717, 1.165) is 32.5 Å². The highest BCUT2D eigenvalue weighted by atomic mass is 16.3. The van der Waals surface area contributed by atoms with Crippen molar-refractivity contribution >= 4 is 17.8 Å². The van der Waals surface area contributed by atoms with E-state index in [1.54, 1.807) is 7.05 Å². The zero-order chi connectivity index (χ0) is 14.5. The maximum absolute atomic E-state index is 9.46. The quantitative estimate of drug-likeness (QED) is 0.795. The second-order valence-corrected chi connectivity index (χ2v) is 4.85. The van der Waals surface area contributed by atoms with Gasteiger partial charge in [0.25, 0.3) is 0 Å². The van der Waals surface area contributed by atoms with Gasteiger partial charge in [0.2, 0.25) is 17.8 Å². The molecule has 2 rings (SSSR count). The van der Waals surface area contributed by atoms with Gasteiger partial charge in [0.15, 0.2) is 0 Å². The highest BCUT2D eigenvalue weighted by Gasteiger charge is 2.27. The molecule has 0 spiro atoms. The van der Waals surface area contributed by atoms with Crippen molar-refractivity contribution in [1.29, 1.82) is 0 Å². The van der Waals surface area contributed by atoms with Crippen molar-refractivity contribution < 1.29 is 5.11 Å². The number of aliphatic hydroxyl groups excluding tert-OH is 1. The van der Waals surface area contributed by atoms with Crippen LogP contribution < -0.4 is 15.1 Å². The van der Waals surface area contributed by atoms with Crippen LogP contribution in [0.25, 0.3) is 0 Å². The lowest BCUT2D eigenvalue weighted by Gasteiger charge is -2.25. The van der Waals surface area contributed by atoms with Crippen molar-refractivity contribution in [2.45, 2.75) is 32.7 Å². The van der Waals surface area contributed by atoms with Crippen LogP contribution in [0, 0.1) is 0 Å². The normalized spacial score (nSPS) is 18.4. The summed E-state index contributed by atoms with van der Waals surface area (Å²) in [6.07, 6.45) is 2.05. The first-order valence-corrected chi connectivity index (χ1v) is 7.29. The van der Waals surface area contributed by atoms with E-state index in [9.17, 15) is 5.11 Å². The SMILES string of the molecule is CCN(CC)c1nc(NC)nc(N2CCCC2CO)n1. The fourth-order valence-corrected chi connectivity index (χ4v) is 2.53. The zero-order valence-corrected chi connectivity index (χ0v) is 12.5. The van der Waals surface area contributed by atoms with Crippen LogP contribution in [-0.4, -0.2) is 59.4 Å². The van der Waals surface area contributed by atoms with Gasteiger partial charge < -0.3 is 20.2 Å². The highest BCUT2D eigenvalue weighted by Crippen LogP contribution is 2.24. The van der Waals surface area contributed by atoms with Gasteiger partial charge in [0.05, 0.1) is 12.6 Å². The Balaban J connectivity index is 2.34. The van der Waals surface area contributed by atoms with E-state index >= 15 is 0 Å². The van der Waals surface area contributed by atoms with Crippen molar-refractivity contribution in [3.05, 3.63) is 0 Å². The Morgan fingerprint density at radius 3 is 2.65 bits per heavy atom. The van der Waals surface area contributed by atoms with Crippen molar-refractivity contribution in [3.8, 4) is 0 Å². The van der Waals surface area contributed by atoms with Gasteiger partial charge >= 0.3 is 0 Å². The minimum absolute atomic E-state index is 0.117. The van der Waals surface area contributed by atoms with Crippen molar-refractivity contribution in [2.75, 3.05) is 48.4 Å². The van der Waals surface area contributed by atoms with E-state index in [-0.39, 0.29) is 12.6 Å². The minimum atomic E-state index is 0.117. The third kappa shape index (κ3) is 2.92. The first kappa shape index (κ1) is 14.8. The van der Waals surface area contributed by atoms with E-state index in [0.29, 0.717) is 17.8 Å². The van der Waals surface area contributed by atoms with Gasteiger partial charge in [-0.1, -0.05) is 0 Å². The molecule has 0 radical (unpaired) electrons. The van der Waals surface area contributed by atoms with Gasteiger partial charge in [-0.15, -0.1) is 0 Å². The number of hydrogen-bond donors (Lipinski definition) is 2. The molecule has 2 N–H and O–H groups in total. The monoisotopic (exact) mass is 280 g/mol. The van der Waals surface area contributed by atoms with E-state index in [1.165, 1.54) is 0 Å².